The van der Waals surface area contributed by atoms with Crippen LogP contribution >= 0.6 is 0 Å². The molecule has 1 spiro atoms. The third-order valence-electron chi connectivity index (χ3n) is 5.92. The largest absolute Gasteiger partial charge is 0.490 e. The van der Waals surface area contributed by atoms with Crippen LogP contribution in [0.25, 0.3) is 10.9 Å². The molecule has 32 heavy (non-hydrogen) atoms. The van der Waals surface area contributed by atoms with Crippen LogP contribution in [0.5, 0.6) is 0 Å². The van der Waals surface area contributed by atoms with E-state index in [1.54, 1.807) is 0 Å². The minimum Gasteiger partial charge on any atom is -0.475 e. The predicted octanol–water partition coefficient (Wildman–Crippen LogP) is 3.38. The number of fused-ring (bicyclic) bond motifs is 1. The van der Waals surface area contributed by atoms with Gasteiger partial charge in [0.2, 0.25) is 0 Å². The summed E-state index contributed by atoms with van der Waals surface area (Å²) in [6.07, 6.45) is -2.90. The minimum atomic E-state index is -5.08. The van der Waals surface area contributed by atoms with E-state index in [1.807, 2.05) is 35.2 Å². The molecule has 0 radical (unpaired) electrons. The van der Waals surface area contributed by atoms with E-state index < -0.39 is 12.1 Å². The summed E-state index contributed by atoms with van der Waals surface area (Å²) in [6, 6.07) is 10.0. The molecule has 1 unspecified atom stereocenters. The van der Waals surface area contributed by atoms with Crippen molar-refractivity contribution < 1.29 is 32.6 Å². The number of hydrogen-bond donors (Lipinski definition) is 2. The van der Waals surface area contributed by atoms with Crippen molar-refractivity contribution in [1.29, 1.82) is 0 Å². The molecule has 3 heterocycles. The maximum absolute atomic E-state index is 13.1. The van der Waals surface area contributed by atoms with E-state index in [9.17, 15) is 18.0 Å². The quantitative estimate of drug-likeness (QED) is 0.725. The maximum atomic E-state index is 13.1. The van der Waals surface area contributed by atoms with Crippen LogP contribution in [-0.2, 0) is 9.53 Å². The maximum Gasteiger partial charge on any atom is 0.490 e. The van der Waals surface area contributed by atoms with Crippen LogP contribution in [0.2, 0.25) is 0 Å². The summed E-state index contributed by atoms with van der Waals surface area (Å²) < 4.78 is 37.7. The molecule has 2 aliphatic heterocycles. The Labute approximate surface area is 184 Å². The Kier molecular flexibility index (Phi) is 7.45. The Bertz CT molecular complexity index is 913. The summed E-state index contributed by atoms with van der Waals surface area (Å²) >= 11 is 0. The zero-order chi connectivity index (χ0) is 23.4. The number of H-pyrrole nitrogens is 1. The molecular weight excluding hydrogens is 427 g/mol. The van der Waals surface area contributed by atoms with E-state index in [1.165, 1.54) is 0 Å². The smallest absolute Gasteiger partial charge is 0.475 e. The van der Waals surface area contributed by atoms with Crippen molar-refractivity contribution in [1.82, 2.24) is 14.8 Å². The van der Waals surface area contributed by atoms with Crippen molar-refractivity contribution in [2.24, 2.45) is 5.41 Å². The van der Waals surface area contributed by atoms with Gasteiger partial charge in [-0.25, -0.2) is 4.79 Å². The highest BCUT2D eigenvalue weighted by Crippen LogP contribution is 2.33. The van der Waals surface area contributed by atoms with Crippen molar-refractivity contribution in [2.45, 2.75) is 25.9 Å². The summed E-state index contributed by atoms with van der Waals surface area (Å²) in [4.78, 5) is 29.7. The Morgan fingerprint density at radius 3 is 2.59 bits per heavy atom. The second kappa shape index (κ2) is 9.91. The number of halogens is 3. The summed E-state index contributed by atoms with van der Waals surface area (Å²) in [5, 5.41) is 8.22. The monoisotopic (exact) mass is 455 g/mol. The molecule has 2 fully saturated rings. The number of benzene rings is 1. The van der Waals surface area contributed by atoms with Gasteiger partial charge in [-0.3, -0.25) is 4.79 Å². The molecule has 1 aromatic heterocycles. The summed E-state index contributed by atoms with van der Waals surface area (Å²) in [7, 11) is 0. The molecule has 2 saturated heterocycles. The molecule has 2 aromatic rings. The lowest BCUT2D eigenvalue weighted by Gasteiger charge is -2.43. The molecule has 10 heteroatoms. The van der Waals surface area contributed by atoms with Crippen molar-refractivity contribution in [3.63, 3.8) is 0 Å². The second-order valence-electron chi connectivity index (χ2n) is 8.32. The fraction of sp³-hybridized carbons (Fsp3) is 0.545. The normalized spacial score (nSPS) is 22.3. The molecule has 0 saturated carbocycles. The molecule has 4 rings (SSSR count). The number of likely N-dealkylation sites (N-methyl/N-ethyl adjacent to an activating group) is 1. The van der Waals surface area contributed by atoms with Gasteiger partial charge >= 0.3 is 12.1 Å². The van der Waals surface area contributed by atoms with Gasteiger partial charge in [0.1, 0.15) is 5.69 Å². The van der Waals surface area contributed by atoms with Crippen LogP contribution in [0.3, 0.4) is 0 Å². The summed E-state index contributed by atoms with van der Waals surface area (Å²) in [6.45, 7) is 8.45. The molecule has 2 N–H and O–H groups in total. The SMILES string of the molecule is CCN1CCOCC2(CCCN(C(=O)c3cc4ccccc4[nH]3)C2)C1.O=C(O)C(F)(F)F. The fourth-order valence-corrected chi connectivity index (χ4v) is 4.34. The van der Waals surface area contributed by atoms with Crippen molar-refractivity contribution >= 4 is 22.8 Å². The molecule has 1 aromatic carbocycles. The van der Waals surface area contributed by atoms with Gasteiger partial charge in [-0.05, 0) is 31.5 Å². The average molecular weight is 455 g/mol. The number of carbonyl (C=O) groups is 2. The number of carboxylic acid groups (broad SMARTS) is 1. The number of nitrogens with one attached hydrogen (secondary N) is 1. The van der Waals surface area contributed by atoms with E-state index in [0.29, 0.717) is 5.69 Å². The number of piperidine rings is 1. The Hall–Kier alpha value is -2.59. The molecule has 1 amide bonds. The van der Waals surface area contributed by atoms with Gasteiger partial charge in [0.25, 0.3) is 5.91 Å². The standard InChI is InChI=1S/C20H27N3O2.C2HF3O2/c1-2-22-10-11-25-15-20(13-22)8-5-9-23(14-20)19(24)18-12-16-6-3-4-7-17(16)21-18;3-2(4,5)1(6)7/h3-4,6-7,12,21H,2,5,8-11,13-15H2,1H3;(H,6,7). The number of carbonyl (C=O) groups excluding carboxylic acids is 1. The number of aromatic nitrogens is 1. The second-order valence-corrected chi connectivity index (χ2v) is 8.32. The lowest BCUT2D eigenvalue weighted by molar-refractivity contribution is -0.192. The van der Waals surface area contributed by atoms with Crippen LogP contribution in [0, 0.1) is 5.41 Å². The van der Waals surface area contributed by atoms with E-state index >= 15 is 0 Å². The first-order valence-electron chi connectivity index (χ1n) is 10.6. The minimum absolute atomic E-state index is 0.0758. The first-order chi connectivity index (χ1) is 15.1. The van der Waals surface area contributed by atoms with E-state index in [-0.39, 0.29) is 11.3 Å². The zero-order valence-electron chi connectivity index (χ0n) is 18.0. The van der Waals surface area contributed by atoms with Crippen LogP contribution in [0.1, 0.15) is 30.3 Å². The molecule has 7 nitrogen and oxygen atoms in total. The third kappa shape index (κ3) is 5.80. The number of carboxylic acids is 1. The highest BCUT2D eigenvalue weighted by atomic mass is 19.4. The fourth-order valence-electron chi connectivity index (χ4n) is 4.34. The van der Waals surface area contributed by atoms with Gasteiger partial charge in [-0.15, -0.1) is 0 Å². The molecule has 176 valence electrons. The van der Waals surface area contributed by atoms with E-state index in [2.05, 4.69) is 16.8 Å². The van der Waals surface area contributed by atoms with Crippen molar-refractivity contribution in [2.75, 3.05) is 45.9 Å². The molecular formula is C22H28F3N3O4. The first-order valence-corrected chi connectivity index (χ1v) is 10.6. The van der Waals surface area contributed by atoms with Gasteiger partial charge in [0, 0.05) is 42.5 Å². The number of alkyl halides is 3. The van der Waals surface area contributed by atoms with Crippen molar-refractivity contribution in [3.8, 4) is 0 Å². The Morgan fingerprint density at radius 1 is 1.22 bits per heavy atom. The van der Waals surface area contributed by atoms with E-state index in [4.69, 9.17) is 14.6 Å². The summed E-state index contributed by atoms with van der Waals surface area (Å²) in [5.74, 6) is -2.64. The van der Waals surface area contributed by atoms with Crippen LogP contribution in [0.4, 0.5) is 13.2 Å². The third-order valence-corrected chi connectivity index (χ3v) is 5.92. The van der Waals surface area contributed by atoms with Gasteiger partial charge in [0.05, 0.1) is 13.2 Å². The Balaban J connectivity index is 0.000000360. The van der Waals surface area contributed by atoms with Gasteiger partial charge in [0.15, 0.2) is 0 Å². The number of likely N-dealkylation sites (tertiary alicyclic amines) is 1. The van der Waals surface area contributed by atoms with Gasteiger partial charge in [-0.1, -0.05) is 25.1 Å². The zero-order valence-corrected chi connectivity index (χ0v) is 18.0. The molecule has 0 aliphatic carbocycles. The van der Waals surface area contributed by atoms with Gasteiger partial charge in [-0.2, -0.15) is 13.2 Å². The number of hydrogen-bond acceptors (Lipinski definition) is 4. The number of ether oxygens (including phenoxy) is 1. The number of amides is 1. The number of para-hydroxylation sites is 1. The number of nitrogens with zero attached hydrogens (tertiary/aromatic N) is 2. The number of rotatable bonds is 2. The topological polar surface area (TPSA) is 85.9 Å². The highest BCUT2D eigenvalue weighted by molar-refractivity contribution is 5.98. The van der Waals surface area contributed by atoms with Crippen LogP contribution in [0.15, 0.2) is 30.3 Å². The summed E-state index contributed by atoms with van der Waals surface area (Å²) in [5.41, 5.74) is 1.79. The van der Waals surface area contributed by atoms with Crippen LogP contribution < -0.4 is 0 Å². The van der Waals surface area contributed by atoms with Crippen molar-refractivity contribution in [3.05, 3.63) is 36.0 Å². The number of aliphatic carboxylic acids is 1. The highest BCUT2D eigenvalue weighted by Gasteiger charge is 2.40. The Morgan fingerprint density at radius 2 is 1.94 bits per heavy atom. The average Bonchev–Trinajstić information content (AvgIpc) is 3.10. The molecule has 1 atom stereocenters. The van der Waals surface area contributed by atoms with Gasteiger partial charge < -0.3 is 24.6 Å². The lowest BCUT2D eigenvalue weighted by Crippen LogP contribution is -2.52. The first kappa shape index (κ1) is 24.1. The van der Waals surface area contributed by atoms with E-state index in [0.717, 1.165) is 69.7 Å². The molecule has 0 bridgehead atoms. The predicted molar refractivity (Wildman–Crippen MR) is 112 cm³/mol. The molecule has 2 aliphatic rings. The number of aromatic amines is 1. The lowest BCUT2D eigenvalue weighted by atomic mass is 9.80. The van der Waals surface area contributed by atoms with Crippen LogP contribution in [-0.4, -0.2) is 83.9 Å².